The van der Waals surface area contributed by atoms with Crippen molar-refractivity contribution in [2.75, 3.05) is 18.0 Å². The second-order valence-corrected chi connectivity index (χ2v) is 4.27. The first-order valence-electron chi connectivity index (χ1n) is 5.84. The maximum absolute atomic E-state index is 10.8. The number of nitrogens with one attached hydrogen (secondary N) is 1. The first kappa shape index (κ1) is 11.0. The fourth-order valence-electron chi connectivity index (χ4n) is 2.06. The first-order valence-corrected chi connectivity index (χ1v) is 5.84. The molecular weight excluding hydrogens is 200 g/mol. The monoisotopic (exact) mass is 218 g/mol. The Balaban J connectivity index is 2.03. The van der Waals surface area contributed by atoms with Crippen LogP contribution < -0.4 is 10.2 Å². The summed E-state index contributed by atoms with van der Waals surface area (Å²) in [6.07, 6.45) is 2.58. The molecule has 0 unspecified atom stereocenters. The highest BCUT2D eigenvalue weighted by Gasteiger charge is 2.12. The van der Waals surface area contributed by atoms with Crippen LogP contribution >= 0.6 is 0 Å². The first-order chi connectivity index (χ1) is 7.75. The van der Waals surface area contributed by atoms with Gasteiger partial charge in [0, 0.05) is 32.2 Å². The van der Waals surface area contributed by atoms with Crippen LogP contribution in [0.25, 0.3) is 0 Å². The minimum absolute atomic E-state index is 0.0200. The van der Waals surface area contributed by atoms with Crippen LogP contribution in [0.3, 0.4) is 0 Å². The molecule has 0 radical (unpaired) electrons. The molecule has 1 amide bonds. The molecule has 1 aromatic rings. The molecule has 1 saturated heterocycles. The van der Waals surface area contributed by atoms with Gasteiger partial charge in [0.25, 0.3) is 0 Å². The van der Waals surface area contributed by atoms with Gasteiger partial charge in [-0.05, 0) is 30.5 Å². The summed E-state index contributed by atoms with van der Waals surface area (Å²) in [5.41, 5.74) is 2.44. The average molecular weight is 218 g/mol. The quantitative estimate of drug-likeness (QED) is 0.840. The van der Waals surface area contributed by atoms with E-state index < -0.39 is 0 Å². The lowest BCUT2D eigenvalue weighted by Crippen LogP contribution is -2.20. The van der Waals surface area contributed by atoms with E-state index in [2.05, 4.69) is 34.5 Å². The molecule has 2 rings (SSSR count). The third kappa shape index (κ3) is 2.75. The molecule has 3 heteroatoms. The lowest BCUT2D eigenvalue weighted by molar-refractivity contribution is -0.119. The third-order valence-electron chi connectivity index (χ3n) is 2.92. The van der Waals surface area contributed by atoms with Crippen molar-refractivity contribution in [2.24, 2.45) is 0 Å². The predicted molar refractivity (Wildman–Crippen MR) is 65.4 cm³/mol. The molecule has 0 spiro atoms. The Hall–Kier alpha value is -1.51. The minimum Gasteiger partial charge on any atom is -0.372 e. The Kier molecular flexibility index (Phi) is 3.44. The van der Waals surface area contributed by atoms with Gasteiger partial charge in [-0.3, -0.25) is 4.79 Å². The van der Waals surface area contributed by atoms with Crippen molar-refractivity contribution in [3.05, 3.63) is 29.8 Å². The van der Waals surface area contributed by atoms with Gasteiger partial charge < -0.3 is 10.2 Å². The summed E-state index contributed by atoms with van der Waals surface area (Å²) in [5, 5.41) is 2.82. The average Bonchev–Trinajstić information content (AvgIpc) is 2.80. The van der Waals surface area contributed by atoms with E-state index in [1.54, 1.807) is 6.92 Å². The highest BCUT2D eigenvalue weighted by atomic mass is 16.1. The van der Waals surface area contributed by atoms with Gasteiger partial charge in [0.05, 0.1) is 0 Å². The van der Waals surface area contributed by atoms with Crippen molar-refractivity contribution in [1.82, 2.24) is 5.32 Å². The van der Waals surface area contributed by atoms with Crippen LogP contribution in [0, 0.1) is 0 Å². The van der Waals surface area contributed by atoms with E-state index in [9.17, 15) is 4.79 Å². The largest absolute Gasteiger partial charge is 0.372 e. The fraction of sp³-hybridized carbons (Fsp3) is 0.462. The van der Waals surface area contributed by atoms with Crippen LogP contribution in [0.5, 0.6) is 0 Å². The van der Waals surface area contributed by atoms with Crippen molar-refractivity contribution in [3.63, 3.8) is 0 Å². The molecule has 0 saturated carbocycles. The van der Waals surface area contributed by atoms with E-state index in [1.807, 2.05) is 0 Å². The van der Waals surface area contributed by atoms with Gasteiger partial charge in [-0.2, -0.15) is 0 Å². The van der Waals surface area contributed by atoms with Crippen molar-refractivity contribution < 1.29 is 4.79 Å². The molecule has 0 atom stereocenters. The summed E-state index contributed by atoms with van der Waals surface area (Å²) >= 11 is 0. The fourth-order valence-corrected chi connectivity index (χ4v) is 2.06. The Bertz CT molecular complexity index is 370. The van der Waals surface area contributed by atoms with Crippen molar-refractivity contribution >= 4 is 11.6 Å². The molecule has 0 bridgehead atoms. The second kappa shape index (κ2) is 5.01. The van der Waals surface area contributed by atoms with Gasteiger partial charge in [-0.25, -0.2) is 0 Å². The lowest BCUT2D eigenvalue weighted by atomic mass is 10.2. The predicted octanol–water partition coefficient (Wildman–Crippen LogP) is 1.92. The van der Waals surface area contributed by atoms with E-state index in [-0.39, 0.29) is 5.91 Å². The third-order valence-corrected chi connectivity index (χ3v) is 2.92. The standard InChI is InChI=1S/C13H18N2O/c1-11(16)14-10-12-5-4-6-13(9-12)15-7-2-3-8-15/h4-6,9H,2-3,7-8,10H2,1H3,(H,14,16). The van der Waals surface area contributed by atoms with Crippen LogP contribution in [-0.4, -0.2) is 19.0 Å². The van der Waals surface area contributed by atoms with Crippen molar-refractivity contribution in [1.29, 1.82) is 0 Å². The Morgan fingerprint density at radius 1 is 1.38 bits per heavy atom. The molecule has 1 fully saturated rings. The molecule has 1 N–H and O–H groups in total. The molecule has 3 nitrogen and oxygen atoms in total. The van der Waals surface area contributed by atoms with Crippen LogP contribution in [0.15, 0.2) is 24.3 Å². The summed E-state index contributed by atoms with van der Waals surface area (Å²) in [4.78, 5) is 13.2. The normalized spacial score (nSPS) is 15.2. The van der Waals surface area contributed by atoms with Gasteiger partial charge in [0.1, 0.15) is 0 Å². The zero-order chi connectivity index (χ0) is 11.4. The van der Waals surface area contributed by atoms with Crippen LogP contribution in [-0.2, 0) is 11.3 Å². The van der Waals surface area contributed by atoms with E-state index in [0.29, 0.717) is 6.54 Å². The zero-order valence-corrected chi connectivity index (χ0v) is 9.70. The number of nitrogens with zero attached hydrogens (tertiary/aromatic N) is 1. The summed E-state index contributed by atoms with van der Waals surface area (Å²) < 4.78 is 0. The smallest absolute Gasteiger partial charge is 0.217 e. The van der Waals surface area contributed by atoms with Crippen molar-refractivity contribution in [3.8, 4) is 0 Å². The number of hydrogen-bond donors (Lipinski definition) is 1. The van der Waals surface area contributed by atoms with Crippen LogP contribution in [0.1, 0.15) is 25.3 Å². The number of benzene rings is 1. The van der Waals surface area contributed by atoms with E-state index >= 15 is 0 Å². The van der Waals surface area contributed by atoms with Gasteiger partial charge in [0.15, 0.2) is 0 Å². The van der Waals surface area contributed by atoms with E-state index in [4.69, 9.17) is 0 Å². The molecule has 1 aliphatic rings. The SMILES string of the molecule is CC(=O)NCc1cccc(N2CCCC2)c1. The molecule has 1 heterocycles. The van der Waals surface area contributed by atoms with Gasteiger partial charge in [-0.15, -0.1) is 0 Å². The topological polar surface area (TPSA) is 32.3 Å². The Morgan fingerprint density at radius 3 is 2.81 bits per heavy atom. The zero-order valence-electron chi connectivity index (χ0n) is 9.70. The maximum Gasteiger partial charge on any atom is 0.217 e. The number of anilines is 1. The molecule has 1 aliphatic heterocycles. The van der Waals surface area contributed by atoms with E-state index in [0.717, 1.165) is 13.1 Å². The summed E-state index contributed by atoms with van der Waals surface area (Å²) in [5.74, 6) is 0.0200. The van der Waals surface area contributed by atoms with Gasteiger partial charge >= 0.3 is 0 Å². The number of hydrogen-bond acceptors (Lipinski definition) is 2. The molecule has 0 aromatic heterocycles. The van der Waals surface area contributed by atoms with Crippen LogP contribution in [0.4, 0.5) is 5.69 Å². The molecule has 0 aliphatic carbocycles. The summed E-state index contributed by atoms with van der Waals surface area (Å²) in [7, 11) is 0. The Labute approximate surface area is 96.5 Å². The number of carbonyl (C=O) groups excluding carboxylic acids is 1. The number of carbonyl (C=O) groups is 1. The maximum atomic E-state index is 10.8. The second-order valence-electron chi connectivity index (χ2n) is 4.27. The minimum atomic E-state index is 0.0200. The summed E-state index contributed by atoms with van der Waals surface area (Å²) in [6, 6.07) is 8.42. The molecule has 86 valence electrons. The molecule has 16 heavy (non-hydrogen) atoms. The summed E-state index contributed by atoms with van der Waals surface area (Å²) in [6.45, 7) is 4.48. The van der Waals surface area contributed by atoms with Crippen LogP contribution in [0.2, 0.25) is 0 Å². The Morgan fingerprint density at radius 2 is 2.12 bits per heavy atom. The molecular formula is C13H18N2O. The van der Waals surface area contributed by atoms with Gasteiger partial charge in [0.2, 0.25) is 5.91 Å². The lowest BCUT2D eigenvalue weighted by Gasteiger charge is -2.18. The number of amides is 1. The van der Waals surface area contributed by atoms with Crippen molar-refractivity contribution in [2.45, 2.75) is 26.3 Å². The molecule has 1 aromatic carbocycles. The highest BCUT2D eigenvalue weighted by Crippen LogP contribution is 2.20. The number of rotatable bonds is 3. The van der Waals surface area contributed by atoms with Gasteiger partial charge in [-0.1, -0.05) is 12.1 Å². The van der Waals surface area contributed by atoms with E-state index in [1.165, 1.54) is 24.1 Å². The highest BCUT2D eigenvalue weighted by molar-refractivity contribution is 5.72.